The van der Waals surface area contributed by atoms with Crippen molar-refractivity contribution >= 4 is 0 Å². The highest BCUT2D eigenvalue weighted by atomic mass is 14.0. The summed E-state index contributed by atoms with van der Waals surface area (Å²) in [6, 6.07) is 17.4. The van der Waals surface area contributed by atoms with Gasteiger partial charge in [-0.2, -0.15) is 0 Å². The Labute approximate surface area is 111 Å². The molecule has 0 unspecified atom stereocenters. The van der Waals surface area contributed by atoms with Crippen LogP contribution in [0, 0.1) is 13.8 Å². The molecule has 18 heavy (non-hydrogen) atoms. The lowest BCUT2D eigenvalue weighted by molar-refractivity contribution is 0.956. The average Bonchev–Trinajstić information content (AvgIpc) is 2.44. The highest BCUT2D eigenvalue weighted by Crippen LogP contribution is 2.12. The number of benzene rings is 2. The fraction of sp³-hybridized carbons (Fsp3) is 0.222. The molecule has 0 spiro atoms. The summed E-state index contributed by atoms with van der Waals surface area (Å²) < 4.78 is 0. The molecule has 0 aliphatic heterocycles. The summed E-state index contributed by atoms with van der Waals surface area (Å²) in [5.41, 5.74) is 5.63. The molecule has 0 heteroatoms. The third-order valence-electron chi connectivity index (χ3n) is 3.12. The first-order valence-electron chi connectivity index (χ1n) is 6.36. The van der Waals surface area contributed by atoms with E-state index in [-0.39, 0.29) is 0 Å². The number of aryl methyl sites for hydroxylation is 4. The minimum Gasteiger partial charge on any atom is -0.106 e. The molecule has 94 valence electrons. The van der Waals surface area contributed by atoms with Crippen molar-refractivity contribution in [1.29, 1.82) is 0 Å². The molecule has 0 atom stereocenters. The van der Waals surface area contributed by atoms with Crippen LogP contribution in [0.15, 0.2) is 61.7 Å². The highest BCUT2D eigenvalue weighted by Gasteiger charge is 1.97. The van der Waals surface area contributed by atoms with Gasteiger partial charge >= 0.3 is 0 Å². The summed E-state index contributed by atoms with van der Waals surface area (Å²) in [5, 5.41) is 0. The molecular formula is C18H22. The van der Waals surface area contributed by atoms with Crippen molar-refractivity contribution in [3.63, 3.8) is 0 Å². The predicted octanol–water partition coefficient (Wildman–Crippen LogP) is 4.89. The van der Waals surface area contributed by atoms with Gasteiger partial charge in [-0.15, -0.1) is 13.2 Å². The number of hydrogen-bond acceptors (Lipinski definition) is 0. The average molecular weight is 238 g/mol. The monoisotopic (exact) mass is 238 g/mol. The van der Waals surface area contributed by atoms with Crippen LogP contribution in [0.2, 0.25) is 0 Å². The molecule has 0 radical (unpaired) electrons. The van der Waals surface area contributed by atoms with Gasteiger partial charge in [-0.05, 0) is 48.9 Å². The summed E-state index contributed by atoms with van der Waals surface area (Å²) in [6.45, 7) is 10.3. The van der Waals surface area contributed by atoms with Crippen LogP contribution in [0.3, 0.4) is 0 Å². The van der Waals surface area contributed by atoms with Crippen LogP contribution in [0.1, 0.15) is 22.3 Å². The van der Waals surface area contributed by atoms with Crippen molar-refractivity contribution in [1.82, 2.24) is 0 Å². The Hall–Kier alpha value is -1.82. The molecule has 0 heterocycles. The third-order valence-corrected chi connectivity index (χ3v) is 3.12. The summed E-state index contributed by atoms with van der Waals surface area (Å²) >= 11 is 0. The van der Waals surface area contributed by atoms with Gasteiger partial charge in [0.15, 0.2) is 0 Å². The first-order chi connectivity index (χ1) is 8.75. The zero-order chi connectivity index (χ0) is 13.4. The molecule has 2 rings (SSSR count). The van der Waals surface area contributed by atoms with Crippen LogP contribution < -0.4 is 0 Å². The molecule has 0 aromatic heterocycles. The van der Waals surface area contributed by atoms with Gasteiger partial charge in [0, 0.05) is 0 Å². The molecule has 2 aromatic carbocycles. The molecular weight excluding hydrogens is 216 g/mol. The Morgan fingerprint density at radius 3 is 1.94 bits per heavy atom. The van der Waals surface area contributed by atoms with Gasteiger partial charge in [-0.1, -0.05) is 48.5 Å². The largest absolute Gasteiger partial charge is 0.106 e. The van der Waals surface area contributed by atoms with Crippen molar-refractivity contribution in [2.24, 2.45) is 0 Å². The summed E-state index contributed by atoms with van der Waals surface area (Å²) in [5.74, 6) is 0. The van der Waals surface area contributed by atoms with E-state index in [9.17, 15) is 0 Å². The van der Waals surface area contributed by atoms with Crippen molar-refractivity contribution < 1.29 is 0 Å². The Morgan fingerprint density at radius 1 is 0.722 bits per heavy atom. The Kier molecular flexibility index (Phi) is 5.93. The van der Waals surface area contributed by atoms with E-state index in [4.69, 9.17) is 0 Å². The molecule has 0 amide bonds. The van der Waals surface area contributed by atoms with Gasteiger partial charge in [0.25, 0.3) is 0 Å². The highest BCUT2D eigenvalue weighted by molar-refractivity contribution is 5.30. The summed E-state index contributed by atoms with van der Waals surface area (Å²) in [6.07, 6.45) is 2.26. The molecule has 2 aromatic rings. The maximum absolute atomic E-state index is 3.00. The predicted molar refractivity (Wildman–Crippen MR) is 81.0 cm³/mol. The van der Waals surface area contributed by atoms with Crippen molar-refractivity contribution in [3.8, 4) is 0 Å². The lowest BCUT2D eigenvalue weighted by Gasteiger charge is -2.05. The Balaban J connectivity index is 0.000000771. The first-order valence-corrected chi connectivity index (χ1v) is 6.36. The van der Waals surface area contributed by atoms with Crippen LogP contribution in [0.4, 0.5) is 0 Å². The molecule has 0 saturated heterocycles. The second-order valence-electron chi connectivity index (χ2n) is 4.40. The van der Waals surface area contributed by atoms with E-state index in [1.54, 1.807) is 0 Å². The zero-order valence-electron chi connectivity index (χ0n) is 11.4. The maximum Gasteiger partial charge on any atom is -0.0238 e. The normalized spacial score (nSPS) is 9.44. The van der Waals surface area contributed by atoms with E-state index < -0.39 is 0 Å². The molecule has 0 nitrogen and oxygen atoms in total. The van der Waals surface area contributed by atoms with E-state index in [1.165, 1.54) is 22.3 Å². The van der Waals surface area contributed by atoms with Gasteiger partial charge in [0.2, 0.25) is 0 Å². The molecule has 0 saturated carbocycles. The molecule has 0 N–H and O–H groups in total. The minimum atomic E-state index is 1.13. The molecule has 0 bridgehead atoms. The SMILES string of the molecule is C=C.Cc1ccc(CCc2ccccc2)cc1C. The van der Waals surface area contributed by atoms with E-state index in [1.807, 2.05) is 0 Å². The fourth-order valence-corrected chi connectivity index (χ4v) is 1.89. The standard InChI is InChI=1S/C16H18.C2H4/c1-13-8-9-16(12-14(13)2)11-10-15-6-4-3-5-7-15;1-2/h3-9,12H,10-11H2,1-2H3;1-2H2. The van der Waals surface area contributed by atoms with Crippen LogP contribution >= 0.6 is 0 Å². The van der Waals surface area contributed by atoms with E-state index in [0.717, 1.165) is 12.8 Å². The van der Waals surface area contributed by atoms with Crippen molar-refractivity contribution in [2.75, 3.05) is 0 Å². The molecule has 0 aliphatic rings. The maximum atomic E-state index is 3.00. The van der Waals surface area contributed by atoms with Crippen LogP contribution in [-0.4, -0.2) is 0 Å². The van der Waals surface area contributed by atoms with E-state index in [0.29, 0.717) is 0 Å². The number of hydrogen-bond donors (Lipinski definition) is 0. The number of rotatable bonds is 3. The molecule has 0 aliphatic carbocycles. The first kappa shape index (κ1) is 14.2. The van der Waals surface area contributed by atoms with Crippen LogP contribution in [0.25, 0.3) is 0 Å². The fourth-order valence-electron chi connectivity index (χ4n) is 1.89. The van der Waals surface area contributed by atoms with Crippen molar-refractivity contribution in [3.05, 3.63) is 83.9 Å². The van der Waals surface area contributed by atoms with E-state index in [2.05, 4.69) is 75.5 Å². The van der Waals surface area contributed by atoms with Crippen molar-refractivity contribution in [2.45, 2.75) is 26.7 Å². The topological polar surface area (TPSA) is 0 Å². The summed E-state index contributed by atoms with van der Waals surface area (Å²) in [4.78, 5) is 0. The van der Waals surface area contributed by atoms with Crippen LogP contribution in [0.5, 0.6) is 0 Å². The lowest BCUT2D eigenvalue weighted by atomic mass is 10.0. The van der Waals surface area contributed by atoms with Gasteiger partial charge in [-0.3, -0.25) is 0 Å². The second kappa shape index (κ2) is 7.50. The smallest absolute Gasteiger partial charge is 0.0238 e. The third kappa shape index (κ3) is 4.21. The second-order valence-corrected chi connectivity index (χ2v) is 4.40. The Morgan fingerprint density at radius 2 is 1.33 bits per heavy atom. The van der Waals surface area contributed by atoms with Gasteiger partial charge in [-0.25, -0.2) is 0 Å². The summed E-state index contributed by atoms with van der Waals surface area (Å²) in [7, 11) is 0. The Bertz CT molecular complexity index is 469. The van der Waals surface area contributed by atoms with Gasteiger partial charge < -0.3 is 0 Å². The lowest BCUT2D eigenvalue weighted by Crippen LogP contribution is -1.92. The zero-order valence-corrected chi connectivity index (χ0v) is 11.4. The molecule has 0 fully saturated rings. The minimum absolute atomic E-state index is 1.13. The quantitative estimate of drug-likeness (QED) is 0.668. The van der Waals surface area contributed by atoms with Gasteiger partial charge in [0.05, 0.1) is 0 Å². The van der Waals surface area contributed by atoms with E-state index >= 15 is 0 Å². The van der Waals surface area contributed by atoms with Gasteiger partial charge in [0.1, 0.15) is 0 Å². The van der Waals surface area contributed by atoms with Crippen LogP contribution in [-0.2, 0) is 12.8 Å².